The minimum Gasteiger partial charge on any atom is -0.390 e. The molecule has 1 aromatic heterocycles. The summed E-state index contributed by atoms with van der Waals surface area (Å²) in [6.45, 7) is 9.46. The Kier molecular flexibility index (Phi) is 3.56. The Balaban J connectivity index is 0.000000637. The van der Waals surface area contributed by atoms with Gasteiger partial charge in [-0.1, -0.05) is 13.8 Å². The summed E-state index contributed by atoms with van der Waals surface area (Å²) in [5.74, 6) is 0.494. The molecule has 4 heteroatoms. The largest absolute Gasteiger partial charge is 0.390 e. The minimum absolute atomic E-state index is 0.228. The highest BCUT2D eigenvalue weighted by Crippen LogP contribution is 2.54. The molecular formula is C15H23FN2O. The third kappa shape index (κ3) is 2.73. The van der Waals surface area contributed by atoms with Gasteiger partial charge in [0.2, 0.25) is 0 Å². The smallest absolute Gasteiger partial charge is 0.131 e. The molecule has 2 aliphatic rings. The van der Waals surface area contributed by atoms with Gasteiger partial charge >= 0.3 is 0 Å². The zero-order valence-corrected chi connectivity index (χ0v) is 12.2. The third-order valence-corrected chi connectivity index (χ3v) is 3.79. The third-order valence-electron chi connectivity index (χ3n) is 3.79. The first kappa shape index (κ1) is 14.3. The Morgan fingerprint density at radius 2 is 1.84 bits per heavy atom. The van der Waals surface area contributed by atoms with Gasteiger partial charge in [-0.15, -0.1) is 0 Å². The van der Waals surface area contributed by atoms with E-state index in [4.69, 9.17) is 0 Å². The average molecular weight is 266 g/mol. The quantitative estimate of drug-likeness (QED) is 0.849. The second kappa shape index (κ2) is 4.75. The van der Waals surface area contributed by atoms with Crippen LogP contribution in [-0.4, -0.2) is 28.8 Å². The van der Waals surface area contributed by atoms with Crippen LogP contribution < -0.4 is 4.90 Å². The average Bonchev–Trinajstić information content (AvgIpc) is 2.23. The molecule has 0 bridgehead atoms. The highest BCUT2D eigenvalue weighted by molar-refractivity contribution is 5.45. The summed E-state index contributed by atoms with van der Waals surface area (Å²) in [5, 5.41) is 9.76. The molecule has 0 atom stereocenters. The first-order valence-corrected chi connectivity index (χ1v) is 6.99. The number of halogens is 1. The number of anilines is 1. The van der Waals surface area contributed by atoms with Crippen LogP contribution in [0.5, 0.6) is 0 Å². The topological polar surface area (TPSA) is 36.4 Å². The molecule has 1 spiro atoms. The zero-order valence-electron chi connectivity index (χ0n) is 12.2. The molecule has 1 aromatic rings. The standard InChI is InChI=1S/C13H17FN2O.C2H6/c1-9-3-10(14)4-11(15-9)16-7-13(8-16)5-12(2,17)6-13;1-2/h3-4,17H,5-8H2,1-2H3;1-2H3. The lowest BCUT2D eigenvalue weighted by atomic mass is 9.56. The lowest BCUT2D eigenvalue weighted by Crippen LogP contribution is -2.67. The van der Waals surface area contributed by atoms with Gasteiger partial charge in [-0.05, 0) is 32.8 Å². The Hall–Kier alpha value is -1.16. The van der Waals surface area contributed by atoms with E-state index >= 15 is 0 Å². The first-order valence-electron chi connectivity index (χ1n) is 6.99. The second-order valence-corrected chi connectivity index (χ2v) is 5.99. The number of hydrogen-bond donors (Lipinski definition) is 1. The van der Waals surface area contributed by atoms with Crippen LogP contribution in [0, 0.1) is 18.2 Å². The van der Waals surface area contributed by atoms with Gasteiger partial charge in [-0.3, -0.25) is 0 Å². The van der Waals surface area contributed by atoms with Crippen molar-refractivity contribution in [2.45, 2.75) is 46.1 Å². The molecule has 1 saturated carbocycles. The fraction of sp³-hybridized carbons (Fsp3) is 0.667. The molecular weight excluding hydrogens is 243 g/mol. The maximum Gasteiger partial charge on any atom is 0.131 e. The summed E-state index contributed by atoms with van der Waals surface area (Å²) in [6, 6.07) is 2.92. The number of aryl methyl sites for hydroxylation is 1. The highest BCUT2D eigenvalue weighted by Gasteiger charge is 2.57. The summed E-state index contributed by atoms with van der Waals surface area (Å²) in [7, 11) is 0. The van der Waals surface area contributed by atoms with Crippen molar-refractivity contribution in [2.24, 2.45) is 5.41 Å². The van der Waals surface area contributed by atoms with Crippen molar-refractivity contribution in [1.29, 1.82) is 0 Å². The zero-order chi connectivity index (χ0) is 14.3. The molecule has 0 unspecified atom stereocenters. The van der Waals surface area contributed by atoms with E-state index < -0.39 is 5.60 Å². The van der Waals surface area contributed by atoms with E-state index in [0.29, 0.717) is 5.69 Å². The minimum atomic E-state index is -0.489. The normalized spacial score (nSPS) is 22.1. The maximum atomic E-state index is 13.3. The highest BCUT2D eigenvalue weighted by atomic mass is 19.1. The summed E-state index contributed by atoms with van der Waals surface area (Å²) in [6.07, 6.45) is 1.70. The molecule has 1 N–H and O–H groups in total. The second-order valence-electron chi connectivity index (χ2n) is 5.99. The molecule has 2 fully saturated rings. The van der Waals surface area contributed by atoms with Crippen molar-refractivity contribution in [2.75, 3.05) is 18.0 Å². The van der Waals surface area contributed by atoms with Gasteiger partial charge in [0.15, 0.2) is 0 Å². The van der Waals surface area contributed by atoms with Crippen molar-refractivity contribution in [3.8, 4) is 0 Å². The first-order chi connectivity index (χ1) is 8.88. The molecule has 19 heavy (non-hydrogen) atoms. The van der Waals surface area contributed by atoms with Crippen LogP contribution in [0.15, 0.2) is 12.1 Å². The SMILES string of the molecule is CC.Cc1cc(F)cc(N2CC3(C2)CC(C)(O)C3)n1. The lowest BCUT2D eigenvalue weighted by Gasteiger charge is -2.62. The Morgan fingerprint density at radius 3 is 2.32 bits per heavy atom. The molecule has 3 rings (SSSR count). The fourth-order valence-corrected chi connectivity index (χ4v) is 3.48. The van der Waals surface area contributed by atoms with Crippen molar-refractivity contribution >= 4 is 5.82 Å². The number of hydrogen-bond acceptors (Lipinski definition) is 3. The van der Waals surface area contributed by atoms with Gasteiger partial charge in [-0.25, -0.2) is 9.37 Å². The van der Waals surface area contributed by atoms with E-state index in [-0.39, 0.29) is 11.2 Å². The van der Waals surface area contributed by atoms with E-state index in [2.05, 4.69) is 9.88 Å². The van der Waals surface area contributed by atoms with E-state index in [9.17, 15) is 9.50 Å². The van der Waals surface area contributed by atoms with E-state index in [1.54, 1.807) is 6.92 Å². The van der Waals surface area contributed by atoms with Crippen LogP contribution in [0.1, 0.15) is 39.3 Å². The van der Waals surface area contributed by atoms with Crippen molar-refractivity contribution in [3.63, 3.8) is 0 Å². The molecule has 0 aromatic carbocycles. The van der Waals surface area contributed by atoms with Crippen LogP contribution in [0.25, 0.3) is 0 Å². The lowest BCUT2D eigenvalue weighted by molar-refractivity contribution is -0.126. The van der Waals surface area contributed by atoms with Crippen LogP contribution >= 0.6 is 0 Å². The van der Waals surface area contributed by atoms with Gasteiger partial charge in [-0.2, -0.15) is 0 Å². The molecule has 0 amide bonds. The molecule has 2 heterocycles. The van der Waals surface area contributed by atoms with Crippen molar-refractivity contribution in [1.82, 2.24) is 4.98 Å². The summed E-state index contributed by atoms with van der Waals surface area (Å²) < 4.78 is 13.3. The van der Waals surface area contributed by atoms with Crippen LogP contribution in [-0.2, 0) is 0 Å². The molecule has 3 nitrogen and oxygen atoms in total. The number of pyridine rings is 1. The van der Waals surface area contributed by atoms with Gasteiger partial charge < -0.3 is 10.0 Å². The number of nitrogens with zero attached hydrogens (tertiary/aromatic N) is 2. The number of aromatic nitrogens is 1. The number of rotatable bonds is 1. The van der Waals surface area contributed by atoms with E-state index in [1.807, 2.05) is 20.8 Å². The van der Waals surface area contributed by atoms with Crippen LogP contribution in [0.4, 0.5) is 10.2 Å². The summed E-state index contributed by atoms with van der Waals surface area (Å²) >= 11 is 0. The fourth-order valence-electron chi connectivity index (χ4n) is 3.48. The molecule has 1 saturated heterocycles. The molecule has 1 aliphatic heterocycles. The van der Waals surface area contributed by atoms with E-state index in [0.717, 1.165) is 31.7 Å². The Labute approximate surface area is 114 Å². The monoisotopic (exact) mass is 266 g/mol. The maximum absolute atomic E-state index is 13.3. The molecule has 0 radical (unpaired) electrons. The van der Waals surface area contributed by atoms with E-state index in [1.165, 1.54) is 12.1 Å². The Bertz CT molecular complexity index is 437. The van der Waals surface area contributed by atoms with Gasteiger partial charge in [0, 0.05) is 30.3 Å². The number of aliphatic hydroxyl groups is 1. The van der Waals surface area contributed by atoms with Crippen molar-refractivity contribution in [3.05, 3.63) is 23.6 Å². The van der Waals surface area contributed by atoms with Crippen LogP contribution in [0.2, 0.25) is 0 Å². The molecule has 106 valence electrons. The van der Waals surface area contributed by atoms with Gasteiger partial charge in [0.25, 0.3) is 0 Å². The van der Waals surface area contributed by atoms with Crippen LogP contribution in [0.3, 0.4) is 0 Å². The predicted octanol–water partition coefficient (Wildman–Crippen LogP) is 2.91. The Morgan fingerprint density at radius 1 is 1.26 bits per heavy atom. The summed E-state index contributed by atoms with van der Waals surface area (Å²) in [5.41, 5.74) is 0.476. The predicted molar refractivity (Wildman–Crippen MR) is 74.8 cm³/mol. The van der Waals surface area contributed by atoms with Gasteiger partial charge in [0.05, 0.1) is 5.60 Å². The summed E-state index contributed by atoms with van der Waals surface area (Å²) in [4.78, 5) is 6.43. The van der Waals surface area contributed by atoms with Crippen molar-refractivity contribution < 1.29 is 9.50 Å². The molecule has 1 aliphatic carbocycles. The van der Waals surface area contributed by atoms with Gasteiger partial charge in [0.1, 0.15) is 11.6 Å².